The molecule has 3 aromatic rings. The zero-order chi connectivity index (χ0) is 21.0. The number of anilines is 2. The fourth-order valence-corrected chi connectivity index (χ4v) is 2.94. The third-order valence-corrected chi connectivity index (χ3v) is 4.34. The lowest BCUT2D eigenvalue weighted by molar-refractivity contribution is 0.0963. The molecule has 0 aliphatic carbocycles. The van der Waals surface area contributed by atoms with E-state index in [2.05, 4.69) is 37.4 Å². The van der Waals surface area contributed by atoms with E-state index < -0.39 is 0 Å². The predicted molar refractivity (Wildman–Crippen MR) is 115 cm³/mol. The van der Waals surface area contributed by atoms with Gasteiger partial charge in [-0.05, 0) is 37.3 Å². The van der Waals surface area contributed by atoms with Crippen LogP contribution in [0.1, 0.15) is 27.2 Å². The van der Waals surface area contributed by atoms with Crippen LogP contribution in [0.25, 0.3) is 11.3 Å². The molecule has 146 valence electrons. The van der Waals surface area contributed by atoms with Crippen LogP contribution >= 0.6 is 11.6 Å². The average molecular weight is 407 g/mol. The molecule has 3 rings (SSSR count). The average Bonchev–Trinajstić information content (AvgIpc) is 2.72. The molecular weight excluding hydrogens is 388 g/mol. The van der Waals surface area contributed by atoms with Crippen LogP contribution in [0, 0.1) is 18.8 Å². The van der Waals surface area contributed by atoms with E-state index in [9.17, 15) is 4.79 Å². The Morgan fingerprint density at radius 3 is 2.59 bits per heavy atom. The molecule has 0 bridgehead atoms. The molecule has 0 fully saturated rings. The second-order valence-corrected chi connectivity index (χ2v) is 6.57. The highest BCUT2D eigenvalue weighted by Gasteiger charge is 2.14. The highest BCUT2D eigenvalue weighted by atomic mass is 35.5. The Morgan fingerprint density at radius 1 is 1.14 bits per heavy atom. The summed E-state index contributed by atoms with van der Waals surface area (Å²) < 4.78 is 0. The van der Waals surface area contributed by atoms with Crippen molar-refractivity contribution in [2.24, 2.45) is 0 Å². The first-order valence-electron chi connectivity index (χ1n) is 8.74. The zero-order valence-corrected chi connectivity index (χ0v) is 16.9. The first-order valence-corrected chi connectivity index (χ1v) is 9.12. The number of hydrogen-bond acceptors (Lipinski definition) is 6. The Labute approximate surface area is 173 Å². The summed E-state index contributed by atoms with van der Waals surface area (Å²) in [6.07, 6.45) is 1.68. The van der Waals surface area contributed by atoms with Crippen molar-refractivity contribution >= 4 is 29.3 Å². The Morgan fingerprint density at radius 2 is 1.93 bits per heavy atom. The molecule has 4 N–H and O–H groups in total. The minimum absolute atomic E-state index is 0.115. The van der Waals surface area contributed by atoms with Gasteiger partial charge in [-0.25, -0.2) is 15.0 Å². The van der Waals surface area contributed by atoms with Gasteiger partial charge in [0.05, 0.1) is 17.0 Å². The van der Waals surface area contributed by atoms with E-state index in [1.807, 2.05) is 12.1 Å². The maximum atomic E-state index is 12.1. The van der Waals surface area contributed by atoms with Gasteiger partial charge in [0, 0.05) is 42.0 Å². The maximum Gasteiger partial charge on any atom is 0.251 e. The molecule has 0 atom stereocenters. The number of carbonyl (C=O) groups is 1. The van der Waals surface area contributed by atoms with E-state index in [0.29, 0.717) is 33.1 Å². The molecule has 1 amide bonds. The summed E-state index contributed by atoms with van der Waals surface area (Å²) >= 11 is 6.23. The largest absolute Gasteiger partial charge is 0.373 e. The number of benzene rings is 1. The van der Waals surface area contributed by atoms with Gasteiger partial charge in [0.15, 0.2) is 0 Å². The van der Waals surface area contributed by atoms with Gasteiger partial charge < -0.3 is 16.4 Å². The van der Waals surface area contributed by atoms with E-state index in [0.717, 1.165) is 11.4 Å². The normalized spacial score (nSPS) is 10.1. The smallest absolute Gasteiger partial charge is 0.251 e. The first kappa shape index (κ1) is 20.1. The molecule has 0 saturated carbocycles. The quantitative estimate of drug-likeness (QED) is 0.577. The second-order valence-electron chi connectivity index (χ2n) is 6.13. The van der Waals surface area contributed by atoms with Crippen LogP contribution in [0.4, 0.5) is 11.8 Å². The lowest BCUT2D eigenvalue weighted by Gasteiger charge is -2.10. The number of nitrogens with one attached hydrogen (secondary N) is 2. The second kappa shape index (κ2) is 8.59. The molecule has 8 heteroatoms. The topological polar surface area (TPSA) is 106 Å². The molecule has 0 aliphatic heterocycles. The van der Waals surface area contributed by atoms with Gasteiger partial charge in [-0.2, -0.15) is 0 Å². The lowest BCUT2D eigenvalue weighted by atomic mass is 10.0. The number of hydrogen-bond donors (Lipinski definition) is 3. The van der Waals surface area contributed by atoms with E-state index in [1.54, 1.807) is 45.4 Å². The van der Waals surface area contributed by atoms with Crippen molar-refractivity contribution in [3.8, 4) is 23.1 Å². The third-order valence-electron chi connectivity index (χ3n) is 4.12. The summed E-state index contributed by atoms with van der Waals surface area (Å²) in [5.74, 6) is 6.80. The maximum absolute atomic E-state index is 12.1. The van der Waals surface area contributed by atoms with Crippen LogP contribution in [0.2, 0.25) is 5.02 Å². The molecule has 0 unspecified atom stereocenters. The molecule has 0 aliphatic rings. The molecule has 0 radical (unpaired) electrons. The SMILES string of the molecule is CNC(=O)c1cc(Cl)cc(-c2nc(N)nc(C)c2C#Cc2ccc(NC)nc2)c1. The molecular formula is C21H19ClN6O. The fourth-order valence-electron chi connectivity index (χ4n) is 2.71. The van der Waals surface area contributed by atoms with Crippen molar-refractivity contribution in [2.45, 2.75) is 6.92 Å². The van der Waals surface area contributed by atoms with Crippen LogP contribution in [-0.4, -0.2) is 35.0 Å². The van der Waals surface area contributed by atoms with Crippen molar-refractivity contribution < 1.29 is 4.79 Å². The van der Waals surface area contributed by atoms with Gasteiger partial charge in [-0.1, -0.05) is 23.4 Å². The first-order chi connectivity index (χ1) is 13.9. The number of pyridine rings is 1. The van der Waals surface area contributed by atoms with Crippen LogP contribution in [-0.2, 0) is 0 Å². The number of nitrogen functional groups attached to an aromatic ring is 1. The monoisotopic (exact) mass is 406 g/mol. The number of carbonyl (C=O) groups excluding carboxylic acids is 1. The summed E-state index contributed by atoms with van der Waals surface area (Å²) in [5, 5.41) is 5.95. The van der Waals surface area contributed by atoms with E-state index in [-0.39, 0.29) is 11.9 Å². The highest BCUT2D eigenvalue weighted by Crippen LogP contribution is 2.28. The lowest BCUT2D eigenvalue weighted by Crippen LogP contribution is -2.17. The van der Waals surface area contributed by atoms with Gasteiger partial charge in [-0.3, -0.25) is 4.79 Å². The minimum Gasteiger partial charge on any atom is -0.373 e. The molecule has 7 nitrogen and oxygen atoms in total. The van der Waals surface area contributed by atoms with Crippen molar-refractivity contribution in [2.75, 3.05) is 25.1 Å². The minimum atomic E-state index is -0.254. The van der Waals surface area contributed by atoms with Crippen molar-refractivity contribution in [3.63, 3.8) is 0 Å². The van der Waals surface area contributed by atoms with Crippen molar-refractivity contribution in [3.05, 3.63) is 63.9 Å². The molecule has 1 aromatic carbocycles. The summed E-state index contributed by atoms with van der Waals surface area (Å²) in [7, 11) is 3.35. The highest BCUT2D eigenvalue weighted by molar-refractivity contribution is 6.31. The zero-order valence-electron chi connectivity index (χ0n) is 16.2. The predicted octanol–water partition coefficient (Wildman–Crippen LogP) is 2.88. The molecule has 0 saturated heterocycles. The molecule has 0 spiro atoms. The summed E-state index contributed by atoms with van der Waals surface area (Å²) in [6, 6.07) is 8.69. The Bertz CT molecular complexity index is 1130. The van der Waals surface area contributed by atoms with Crippen molar-refractivity contribution in [1.29, 1.82) is 0 Å². The van der Waals surface area contributed by atoms with E-state index in [4.69, 9.17) is 17.3 Å². The number of nitrogens with zero attached hydrogens (tertiary/aromatic N) is 3. The van der Waals surface area contributed by atoms with E-state index in [1.165, 1.54) is 0 Å². The fraction of sp³-hybridized carbons (Fsp3) is 0.143. The molecule has 2 aromatic heterocycles. The summed E-state index contributed by atoms with van der Waals surface area (Å²) in [6.45, 7) is 1.80. The van der Waals surface area contributed by atoms with Gasteiger partial charge in [-0.15, -0.1) is 0 Å². The van der Waals surface area contributed by atoms with Gasteiger partial charge >= 0.3 is 0 Å². The number of rotatable bonds is 3. The Hall–Kier alpha value is -3.63. The van der Waals surface area contributed by atoms with Gasteiger partial charge in [0.1, 0.15) is 5.82 Å². The van der Waals surface area contributed by atoms with Crippen LogP contribution in [0.15, 0.2) is 36.5 Å². The Balaban J connectivity index is 2.13. The van der Waals surface area contributed by atoms with Crippen molar-refractivity contribution in [1.82, 2.24) is 20.3 Å². The van der Waals surface area contributed by atoms with Crippen LogP contribution in [0.3, 0.4) is 0 Å². The van der Waals surface area contributed by atoms with Crippen LogP contribution < -0.4 is 16.4 Å². The summed E-state index contributed by atoms with van der Waals surface area (Å²) in [4.78, 5) is 24.9. The number of aryl methyl sites for hydroxylation is 1. The third kappa shape index (κ3) is 4.62. The molecule has 29 heavy (non-hydrogen) atoms. The number of amides is 1. The number of halogens is 1. The van der Waals surface area contributed by atoms with E-state index >= 15 is 0 Å². The van der Waals surface area contributed by atoms with Gasteiger partial charge in [0.2, 0.25) is 5.95 Å². The summed E-state index contributed by atoms with van der Waals surface area (Å²) in [5.41, 5.74) is 9.38. The molecule has 2 heterocycles. The number of nitrogens with two attached hydrogens (primary N) is 1. The standard InChI is InChI=1S/C21H19ClN6O/c1-12-17(6-4-13-5-7-18(24-2)26-11-13)19(28-21(23)27-12)14-8-15(20(29)25-3)10-16(22)9-14/h5,7-11H,1-3H3,(H,24,26)(H,25,29)(H2,23,27,28). The van der Waals surface area contributed by atoms with Crippen LogP contribution in [0.5, 0.6) is 0 Å². The van der Waals surface area contributed by atoms with Gasteiger partial charge in [0.25, 0.3) is 5.91 Å². The number of aromatic nitrogens is 3. The Kier molecular flexibility index (Phi) is 5.96.